The zero-order chi connectivity index (χ0) is 13.2. The Bertz CT molecular complexity index is 422. The molecule has 1 fully saturated rings. The minimum atomic E-state index is -0.665. The fraction of sp³-hybridized carbons (Fsp3) is 0.500. The lowest BCUT2D eigenvalue weighted by Gasteiger charge is -2.35. The number of halogens is 1. The van der Waals surface area contributed by atoms with Crippen LogP contribution >= 0.6 is 27.7 Å². The van der Waals surface area contributed by atoms with Crippen LogP contribution in [0, 0.1) is 5.92 Å². The minimum absolute atomic E-state index is 0.625. The van der Waals surface area contributed by atoms with E-state index in [4.69, 9.17) is 0 Å². The molecular weight excluding hydrogens is 312 g/mol. The Labute approximate surface area is 120 Å². The van der Waals surface area contributed by atoms with Crippen LogP contribution in [0.15, 0.2) is 33.6 Å². The second-order valence-electron chi connectivity index (χ2n) is 5.04. The highest BCUT2D eigenvalue weighted by atomic mass is 79.9. The number of rotatable bonds is 3. The average Bonchev–Trinajstić information content (AvgIpc) is 2.35. The van der Waals surface area contributed by atoms with Crippen LogP contribution in [-0.2, 0) is 4.79 Å². The van der Waals surface area contributed by atoms with Crippen LogP contribution < -0.4 is 0 Å². The summed E-state index contributed by atoms with van der Waals surface area (Å²) in [5, 5.41) is 9.56. The summed E-state index contributed by atoms with van der Waals surface area (Å²) in [7, 11) is 0. The van der Waals surface area contributed by atoms with Gasteiger partial charge in [0.2, 0.25) is 0 Å². The predicted molar refractivity (Wildman–Crippen MR) is 78.0 cm³/mol. The van der Waals surface area contributed by atoms with Gasteiger partial charge in [0.05, 0.1) is 0 Å². The first-order chi connectivity index (χ1) is 8.52. The van der Waals surface area contributed by atoms with Gasteiger partial charge in [0.25, 0.3) is 0 Å². The third-order valence-corrected chi connectivity index (χ3v) is 5.61. The van der Waals surface area contributed by atoms with Crippen molar-refractivity contribution in [3.8, 4) is 0 Å². The Morgan fingerprint density at radius 1 is 1.33 bits per heavy atom. The Hall–Kier alpha value is -0.480. The largest absolute Gasteiger partial charge is 0.480 e. The molecule has 2 nitrogen and oxygen atoms in total. The highest BCUT2D eigenvalue weighted by molar-refractivity contribution is 9.10. The minimum Gasteiger partial charge on any atom is -0.480 e. The van der Waals surface area contributed by atoms with E-state index in [0.717, 1.165) is 35.1 Å². The summed E-state index contributed by atoms with van der Waals surface area (Å²) in [4.78, 5) is 12.7. The van der Waals surface area contributed by atoms with Crippen LogP contribution in [0.3, 0.4) is 0 Å². The zero-order valence-corrected chi connectivity index (χ0v) is 12.8. The van der Waals surface area contributed by atoms with Gasteiger partial charge in [-0.05, 0) is 55.9 Å². The summed E-state index contributed by atoms with van der Waals surface area (Å²) >= 11 is 4.91. The van der Waals surface area contributed by atoms with Gasteiger partial charge in [0, 0.05) is 9.37 Å². The molecule has 1 aromatic carbocycles. The number of carbonyl (C=O) groups is 1. The highest BCUT2D eigenvalue weighted by Crippen LogP contribution is 2.45. The van der Waals surface area contributed by atoms with Gasteiger partial charge >= 0.3 is 5.97 Å². The second kappa shape index (κ2) is 5.66. The summed E-state index contributed by atoms with van der Waals surface area (Å²) in [6.07, 6.45) is 3.56. The van der Waals surface area contributed by atoms with Gasteiger partial charge in [-0.15, -0.1) is 11.8 Å². The molecule has 4 heteroatoms. The van der Waals surface area contributed by atoms with Gasteiger partial charge < -0.3 is 5.11 Å². The Kier molecular flexibility index (Phi) is 4.38. The van der Waals surface area contributed by atoms with Crippen LogP contribution in [-0.4, -0.2) is 15.8 Å². The lowest BCUT2D eigenvalue weighted by molar-refractivity contribution is -0.141. The normalized spacial score (nSPS) is 28.0. The Balaban J connectivity index is 2.16. The molecule has 0 heterocycles. The maximum absolute atomic E-state index is 11.6. The van der Waals surface area contributed by atoms with Crippen molar-refractivity contribution in [2.45, 2.75) is 42.2 Å². The topological polar surface area (TPSA) is 37.3 Å². The van der Waals surface area contributed by atoms with E-state index in [1.54, 1.807) is 0 Å². The molecule has 0 bridgehead atoms. The zero-order valence-electron chi connectivity index (χ0n) is 10.4. The van der Waals surface area contributed by atoms with Crippen molar-refractivity contribution in [1.29, 1.82) is 0 Å². The molecular formula is C14H17BrO2S. The summed E-state index contributed by atoms with van der Waals surface area (Å²) in [5.74, 6) is -0.00897. The molecule has 0 saturated heterocycles. The van der Waals surface area contributed by atoms with E-state index < -0.39 is 10.7 Å². The molecule has 0 spiro atoms. The molecule has 0 unspecified atom stereocenters. The molecule has 0 radical (unpaired) electrons. The van der Waals surface area contributed by atoms with Crippen LogP contribution in [0.25, 0.3) is 0 Å². The smallest absolute Gasteiger partial charge is 0.320 e. The van der Waals surface area contributed by atoms with E-state index in [1.165, 1.54) is 11.8 Å². The van der Waals surface area contributed by atoms with E-state index in [2.05, 4.69) is 22.9 Å². The van der Waals surface area contributed by atoms with Gasteiger partial charge in [-0.2, -0.15) is 0 Å². The molecule has 18 heavy (non-hydrogen) atoms. The van der Waals surface area contributed by atoms with Gasteiger partial charge in [0.15, 0.2) is 0 Å². The average molecular weight is 329 g/mol. The van der Waals surface area contributed by atoms with Gasteiger partial charge in [-0.25, -0.2) is 0 Å². The molecule has 0 aromatic heterocycles. The lowest BCUT2D eigenvalue weighted by atomic mass is 9.82. The third-order valence-electron chi connectivity index (χ3n) is 3.60. The molecule has 2 rings (SSSR count). The lowest BCUT2D eigenvalue weighted by Crippen LogP contribution is -2.38. The maximum Gasteiger partial charge on any atom is 0.320 e. The molecule has 1 saturated carbocycles. The molecule has 1 N–H and O–H groups in total. The van der Waals surface area contributed by atoms with Crippen molar-refractivity contribution >= 4 is 33.7 Å². The molecule has 0 atom stereocenters. The van der Waals surface area contributed by atoms with Gasteiger partial charge in [-0.3, -0.25) is 4.79 Å². The Morgan fingerprint density at radius 3 is 2.39 bits per heavy atom. The molecule has 0 aliphatic heterocycles. The number of aliphatic carboxylic acids is 1. The molecule has 1 aliphatic rings. The van der Waals surface area contributed by atoms with Gasteiger partial charge in [0.1, 0.15) is 4.75 Å². The molecule has 0 amide bonds. The number of carboxylic acids is 1. The van der Waals surface area contributed by atoms with Crippen molar-refractivity contribution in [2.75, 3.05) is 0 Å². The predicted octanol–water partition coefficient (Wildman–Crippen LogP) is 4.57. The van der Waals surface area contributed by atoms with Crippen molar-refractivity contribution in [3.05, 3.63) is 28.7 Å². The van der Waals surface area contributed by atoms with E-state index in [-0.39, 0.29) is 0 Å². The number of thioether (sulfide) groups is 1. The van der Waals surface area contributed by atoms with Crippen LogP contribution in [0.1, 0.15) is 32.6 Å². The van der Waals surface area contributed by atoms with Gasteiger partial charge in [-0.1, -0.05) is 22.9 Å². The fourth-order valence-corrected chi connectivity index (χ4v) is 3.83. The van der Waals surface area contributed by atoms with E-state index in [1.807, 2.05) is 24.3 Å². The first-order valence-corrected chi connectivity index (χ1v) is 7.81. The number of hydrogen-bond donors (Lipinski definition) is 1. The van der Waals surface area contributed by atoms with E-state index >= 15 is 0 Å². The number of hydrogen-bond acceptors (Lipinski definition) is 2. The summed E-state index contributed by atoms with van der Waals surface area (Å²) < 4.78 is 0.397. The summed E-state index contributed by atoms with van der Waals surface area (Å²) in [5.41, 5.74) is 0. The quantitative estimate of drug-likeness (QED) is 0.882. The third kappa shape index (κ3) is 3.09. The second-order valence-corrected chi connectivity index (χ2v) is 7.41. The number of carboxylic acid groups (broad SMARTS) is 1. The van der Waals surface area contributed by atoms with Crippen molar-refractivity contribution < 1.29 is 9.90 Å². The van der Waals surface area contributed by atoms with Crippen LogP contribution in [0.4, 0.5) is 0 Å². The van der Waals surface area contributed by atoms with Crippen LogP contribution in [0.2, 0.25) is 0 Å². The number of benzene rings is 1. The fourth-order valence-electron chi connectivity index (χ4n) is 2.32. The highest BCUT2D eigenvalue weighted by Gasteiger charge is 2.42. The molecule has 1 aromatic rings. The Morgan fingerprint density at radius 2 is 1.89 bits per heavy atom. The first kappa shape index (κ1) is 13.9. The standard InChI is InChI=1S/C14H17BrO2S/c1-10-6-8-14(9-7-10,13(16)17)18-12-4-2-11(15)3-5-12/h2-5,10H,6-9H2,1H3,(H,16,17). The summed E-state index contributed by atoms with van der Waals surface area (Å²) in [6.45, 7) is 2.20. The van der Waals surface area contributed by atoms with Crippen LogP contribution in [0.5, 0.6) is 0 Å². The van der Waals surface area contributed by atoms with Crippen molar-refractivity contribution in [1.82, 2.24) is 0 Å². The van der Waals surface area contributed by atoms with E-state index in [0.29, 0.717) is 5.92 Å². The van der Waals surface area contributed by atoms with Crippen molar-refractivity contribution in [3.63, 3.8) is 0 Å². The first-order valence-electron chi connectivity index (χ1n) is 6.20. The maximum atomic E-state index is 11.6. The molecule has 98 valence electrons. The van der Waals surface area contributed by atoms with E-state index in [9.17, 15) is 9.90 Å². The molecule has 1 aliphatic carbocycles. The van der Waals surface area contributed by atoms with Crippen molar-refractivity contribution in [2.24, 2.45) is 5.92 Å². The monoisotopic (exact) mass is 328 g/mol. The SMILES string of the molecule is CC1CCC(Sc2ccc(Br)cc2)(C(=O)O)CC1. The summed E-state index contributed by atoms with van der Waals surface area (Å²) in [6, 6.07) is 7.89.